The molecule has 0 spiro atoms. The molecule has 0 aliphatic carbocycles. The van der Waals surface area contributed by atoms with Crippen molar-refractivity contribution < 1.29 is 13.3 Å². The predicted molar refractivity (Wildman–Crippen MR) is 117 cm³/mol. The average molecular weight is 443 g/mol. The zero-order valence-corrected chi connectivity index (χ0v) is 17.6. The zero-order chi connectivity index (χ0) is 22.4. The minimum Gasteiger partial charge on any atom is -0.370 e. The highest BCUT2D eigenvalue weighted by molar-refractivity contribution is 7.91. The number of aryl methyl sites for hydroxylation is 1. The third-order valence-electron chi connectivity index (χ3n) is 4.42. The SMILES string of the molecule is Cc1cnc(Nc2ccc(S(=O)(=O)c3ccc([N+](=O)[O-])cc3)cc2)nc1NCCCN. The van der Waals surface area contributed by atoms with Gasteiger partial charge in [0.05, 0.1) is 14.7 Å². The van der Waals surface area contributed by atoms with E-state index >= 15 is 0 Å². The first-order chi connectivity index (χ1) is 14.8. The smallest absolute Gasteiger partial charge is 0.269 e. The second-order valence-corrected chi connectivity index (χ2v) is 8.65. The summed E-state index contributed by atoms with van der Waals surface area (Å²) in [5.41, 5.74) is 6.84. The molecule has 2 aromatic carbocycles. The molecule has 0 saturated carbocycles. The summed E-state index contributed by atoms with van der Waals surface area (Å²) in [6.45, 7) is 3.17. The number of nitro groups is 1. The summed E-state index contributed by atoms with van der Waals surface area (Å²) < 4.78 is 25.5. The first kappa shape index (κ1) is 22.1. The molecule has 0 unspecified atom stereocenters. The van der Waals surface area contributed by atoms with Crippen LogP contribution in [0.15, 0.2) is 64.5 Å². The minimum absolute atomic E-state index is 0.0196. The van der Waals surface area contributed by atoms with Crippen molar-refractivity contribution in [1.82, 2.24) is 9.97 Å². The number of nitro benzene ring substituents is 1. The number of nitrogens with zero attached hydrogens (tertiary/aromatic N) is 3. The van der Waals surface area contributed by atoms with Gasteiger partial charge in [-0.15, -0.1) is 0 Å². The second-order valence-electron chi connectivity index (χ2n) is 6.70. The highest BCUT2D eigenvalue weighted by atomic mass is 32.2. The van der Waals surface area contributed by atoms with Crippen LogP contribution in [0, 0.1) is 17.0 Å². The summed E-state index contributed by atoms with van der Waals surface area (Å²) in [5.74, 6) is 1.06. The Hall–Kier alpha value is -3.57. The fourth-order valence-corrected chi connectivity index (χ4v) is 3.98. The van der Waals surface area contributed by atoms with Crippen LogP contribution < -0.4 is 16.4 Å². The maximum Gasteiger partial charge on any atom is 0.269 e. The standard InChI is InChI=1S/C20H22N6O4S/c1-14-13-23-20(25-19(14)22-12-2-11-21)24-15-3-7-17(8-4-15)31(29,30)18-9-5-16(6-10-18)26(27)28/h3-10,13H,2,11-12,21H2,1H3,(H2,22,23,24,25). The lowest BCUT2D eigenvalue weighted by molar-refractivity contribution is -0.384. The highest BCUT2D eigenvalue weighted by Gasteiger charge is 2.19. The molecular weight excluding hydrogens is 420 g/mol. The molecule has 0 aliphatic rings. The normalized spacial score (nSPS) is 11.2. The van der Waals surface area contributed by atoms with Gasteiger partial charge in [0.15, 0.2) is 0 Å². The number of benzene rings is 2. The van der Waals surface area contributed by atoms with Gasteiger partial charge >= 0.3 is 0 Å². The molecule has 3 aromatic rings. The molecule has 11 heteroatoms. The monoisotopic (exact) mass is 442 g/mol. The summed E-state index contributed by atoms with van der Waals surface area (Å²) in [6.07, 6.45) is 2.50. The van der Waals surface area contributed by atoms with E-state index in [9.17, 15) is 18.5 Å². The summed E-state index contributed by atoms with van der Waals surface area (Å²) in [7, 11) is -3.80. The van der Waals surface area contributed by atoms with Crippen molar-refractivity contribution in [3.05, 3.63) is 70.4 Å². The number of hydrogen-bond acceptors (Lipinski definition) is 9. The van der Waals surface area contributed by atoms with Crippen LogP contribution in [0.5, 0.6) is 0 Å². The molecule has 0 saturated heterocycles. The lowest BCUT2D eigenvalue weighted by atomic mass is 10.3. The van der Waals surface area contributed by atoms with E-state index in [4.69, 9.17) is 5.73 Å². The number of sulfone groups is 1. The summed E-state index contributed by atoms with van der Waals surface area (Å²) in [6, 6.07) is 10.9. The summed E-state index contributed by atoms with van der Waals surface area (Å²) in [5, 5.41) is 17.0. The Morgan fingerprint density at radius 3 is 2.26 bits per heavy atom. The van der Waals surface area contributed by atoms with E-state index in [1.807, 2.05) is 6.92 Å². The first-order valence-electron chi connectivity index (χ1n) is 9.45. The van der Waals surface area contributed by atoms with E-state index in [0.717, 1.165) is 24.1 Å². The van der Waals surface area contributed by atoms with Crippen LogP contribution in [-0.4, -0.2) is 36.4 Å². The van der Waals surface area contributed by atoms with Gasteiger partial charge in [0.2, 0.25) is 15.8 Å². The number of aromatic nitrogens is 2. The number of nitrogens with one attached hydrogen (secondary N) is 2. The van der Waals surface area contributed by atoms with Crippen molar-refractivity contribution in [2.45, 2.75) is 23.1 Å². The molecule has 1 heterocycles. The molecule has 3 rings (SSSR count). The molecule has 0 bridgehead atoms. The molecule has 1 aromatic heterocycles. The molecule has 0 amide bonds. The molecule has 10 nitrogen and oxygen atoms in total. The van der Waals surface area contributed by atoms with E-state index in [0.29, 0.717) is 30.5 Å². The van der Waals surface area contributed by atoms with Crippen LogP contribution in [0.2, 0.25) is 0 Å². The number of anilines is 3. The Labute approximate surface area is 179 Å². The Morgan fingerprint density at radius 2 is 1.68 bits per heavy atom. The van der Waals surface area contributed by atoms with E-state index in [-0.39, 0.29) is 15.5 Å². The molecule has 0 fully saturated rings. The van der Waals surface area contributed by atoms with Gasteiger partial charge in [-0.05, 0) is 56.3 Å². The molecule has 0 radical (unpaired) electrons. The van der Waals surface area contributed by atoms with E-state index in [1.165, 1.54) is 24.3 Å². The highest BCUT2D eigenvalue weighted by Crippen LogP contribution is 2.25. The lowest BCUT2D eigenvalue weighted by Crippen LogP contribution is -2.11. The number of nitrogens with two attached hydrogens (primary N) is 1. The van der Waals surface area contributed by atoms with Crippen molar-refractivity contribution in [2.24, 2.45) is 5.73 Å². The minimum atomic E-state index is -3.80. The predicted octanol–water partition coefficient (Wildman–Crippen LogP) is 3.03. The Kier molecular flexibility index (Phi) is 6.78. The van der Waals surface area contributed by atoms with Gasteiger partial charge in [0.1, 0.15) is 5.82 Å². The Bertz CT molecular complexity index is 1170. The van der Waals surface area contributed by atoms with Crippen LogP contribution in [0.1, 0.15) is 12.0 Å². The molecule has 162 valence electrons. The van der Waals surface area contributed by atoms with E-state index < -0.39 is 14.8 Å². The van der Waals surface area contributed by atoms with Crippen LogP contribution in [0.25, 0.3) is 0 Å². The lowest BCUT2D eigenvalue weighted by Gasteiger charge is -2.11. The third-order valence-corrected chi connectivity index (χ3v) is 6.21. The largest absolute Gasteiger partial charge is 0.370 e. The average Bonchev–Trinajstić information content (AvgIpc) is 2.76. The van der Waals surface area contributed by atoms with Gasteiger partial charge in [-0.1, -0.05) is 0 Å². The van der Waals surface area contributed by atoms with E-state index in [2.05, 4.69) is 20.6 Å². The Balaban J connectivity index is 1.75. The molecule has 4 N–H and O–H groups in total. The summed E-state index contributed by atoms with van der Waals surface area (Å²) in [4.78, 5) is 18.9. The molecular formula is C20H22N6O4S. The number of rotatable bonds is 9. The van der Waals surface area contributed by atoms with Crippen molar-refractivity contribution in [1.29, 1.82) is 0 Å². The maximum atomic E-state index is 12.8. The van der Waals surface area contributed by atoms with Crippen molar-refractivity contribution in [3.8, 4) is 0 Å². The fraction of sp³-hybridized carbons (Fsp3) is 0.200. The second kappa shape index (κ2) is 9.49. The van der Waals surface area contributed by atoms with Crippen LogP contribution >= 0.6 is 0 Å². The quantitative estimate of drug-likeness (QED) is 0.258. The van der Waals surface area contributed by atoms with E-state index in [1.54, 1.807) is 18.3 Å². The van der Waals surface area contributed by atoms with Gasteiger partial charge in [0, 0.05) is 36.1 Å². The Morgan fingerprint density at radius 1 is 1.06 bits per heavy atom. The van der Waals surface area contributed by atoms with Gasteiger partial charge in [-0.25, -0.2) is 13.4 Å². The van der Waals surface area contributed by atoms with Crippen LogP contribution in [0.4, 0.5) is 23.1 Å². The molecule has 0 aliphatic heterocycles. The van der Waals surface area contributed by atoms with Crippen LogP contribution in [0.3, 0.4) is 0 Å². The van der Waals surface area contributed by atoms with Crippen molar-refractivity contribution in [3.63, 3.8) is 0 Å². The number of non-ortho nitro benzene ring substituents is 1. The number of hydrogen-bond donors (Lipinski definition) is 3. The topological polar surface area (TPSA) is 153 Å². The third kappa shape index (κ3) is 5.32. The molecule has 31 heavy (non-hydrogen) atoms. The zero-order valence-electron chi connectivity index (χ0n) is 16.8. The van der Waals surface area contributed by atoms with Gasteiger partial charge in [-0.2, -0.15) is 4.98 Å². The summed E-state index contributed by atoms with van der Waals surface area (Å²) >= 11 is 0. The first-order valence-corrected chi connectivity index (χ1v) is 10.9. The van der Waals surface area contributed by atoms with Crippen molar-refractivity contribution >= 4 is 33.0 Å². The molecule has 0 atom stereocenters. The van der Waals surface area contributed by atoms with Gasteiger partial charge in [-0.3, -0.25) is 10.1 Å². The fourth-order valence-electron chi connectivity index (χ4n) is 2.72. The van der Waals surface area contributed by atoms with Gasteiger partial charge in [0.25, 0.3) is 5.69 Å². The van der Waals surface area contributed by atoms with Crippen molar-refractivity contribution in [2.75, 3.05) is 23.7 Å². The van der Waals surface area contributed by atoms with Gasteiger partial charge < -0.3 is 16.4 Å². The maximum absolute atomic E-state index is 12.8. The van der Waals surface area contributed by atoms with Crippen LogP contribution in [-0.2, 0) is 9.84 Å².